The maximum atomic E-state index is 8.78. The zero-order valence-corrected chi connectivity index (χ0v) is 11.9. The first-order valence-electron chi connectivity index (χ1n) is 6.57. The number of nitrogens with one attached hydrogen (secondary N) is 2. The predicted octanol–water partition coefficient (Wildman–Crippen LogP) is 1.53. The minimum atomic E-state index is 0.0803. The van der Waals surface area contributed by atoms with Crippen LogP contribution in [0, 0.1) is 0 Å². The second-order valence-electron chi connectivity index (χ2n) is 4.60. The lowest BCUT2D eigenvalue weighted by molar-refractivity contribution is 0.300. The topological polar surface area (TPSA) is 53.5 Å². The van der Waals surface area contributed by atoms with Crippen molar-refractivity contribution in [2.75, 3.05) is 20.3 Å². The SMILES string of the molecule is COc1cccc2c1CCCC2NC(=S)NCCO. The van der Waals surface area contributed by atoms with E-state index in [-0.39, 0.29) is 12.6 Å². The van der Waals surface area contributed by atoms with Gasteiger partial charge in [-0.15, -0.1) is 0 Å². The highest BCUT2D eigenvalue weighted by Crippen LogP contribution is 2.35. The lowest BCUT2D eigenvalue weighted by Gasteiger charge is -2.28. The van der Waals surface area contributed by atoms with Crippen molar-refractivity contribution in [1.29, 1.82) is 0 Å². The average Bonchev–Trinajstić information content (AvgIpc) is 2.45. The highest BCUT2D eigenvalue weighted by atomic mass is 32.1. The molecular weight excluding hydrogens is 260 g/mol. The zero-order chi connectivity index (χ0) is 13.7. The summed E-state index contributed by atoms with van der Waals surface area (Å²) in [7, 11) is 1.71. The molecule has 0 spiro atoms. The van der Waals surface area contributed by atoms with Gasteiger partial charge in [-0.25, -0.2) is 0 Å². The van der Waals surface area contributed by atoms with Gasteiger partial charge in [0.05, 0.1) is 19.8 Å². The molecule has 0 fully saturated rings. The molecule has 0 amide bonds. The van der Waals surface area contributed by atoms with E-state index < -0.39 is 0 Å². The van der Waals surface area contributed by atoms with E-state index in [2.05, 4.69) is 16.7 Å². The van der Waals surface area contributed by atoms with Crippen LogP contribution in [0.4, 0.5) is 0 Å². The molecule has 1 aromatic rings. The minimum Gasteiger partial charge on any atom is -0.496 e. The molecule has 0 saturated heterocycles. The van der Waals surface area contributed by atoms with Gasteiger partial charge in [-0.05, 0) is 48.7 Å². The van der Waals surface area contributed by atoms with E-state index in [1.54, 1.807) is 7.11 Å². The zero-order valence-electron chi connectivity index (χ0n) is 11.1. The van der Waals surface area contributed by atoms with E-state index in [0.29, 0.717) is 11.7 Å². The third kappa shape index (κ3) is 3.36. The number of benzene rings is 1. The Balaban J connectivity index is 2.11. The van der Waals surface area contributed by atoms with Crippen LogP contribution in [0.25, 0.3) is 0 Å². The van der Waals surface area contributed by atoms with E-state index in [9.17, 15) is 0 Å². The third-order valence-electron chi connectivity index (χ3n) is 3.39. The molecule has 0 heterocycles. The number of ether oxygens (including phenoxy) is 1. The number of hydrogen-bond acceptors (Lipinski definition) is 3. The van der Waals surface area contributed by atoms with Crippen LogP contribution in [0.2, 0.25) is 0 Å². The second kappa shape index (κ2) is 6.73. The molecular formula is C14H20N2O2S. The van der Waals surface area contributed by atoms with Crippen LogP contribution >= 0.6 is 12.2 Å². The van der Waals surface area contributed by atoms with Crippen molar-refractivity contribution < 1.29 is 9.84 Å². The van der Waals surface area contributed by atoms with Crippen LogP contribution in [0.3, 0.4) is 0 Å². The lowest BCUT2D eigenvalue weighted by atomic mass is 9.87. The van der Waals surface area contributed by atoms with Crippen molar-refractivity contribution in [1.82, 2.24) is 10.6 Å². The van der Waals surface area contributed by atoms with Crippen LogP contribution in [-0.2, 0) is 6.42 Å². The number of aliphatic hydroxyl groups is 1. The van der Waals surface area contributed by atoms with Gasteiger partial charge in [0.1, 0.15) is 5.75 Å². The Hall–Kier alpha value is -1.33. The molecule has 1 atom stereocenters. The number of aliphatic hydroxyl groups excluding tert-OH is 1. The van der Waals surface area contributed by atoms with Crippen molar-refractivity contribution in [3.8, 4) is 5.75 Å². The number of thiocarbonyl (C=S) groups is 1. The van der Waals surface area contributed by atoms with E-state index in [4.69, 9.17) is 22.1 Å². The van der Waals surface area contributed by atoms with Crippen molar-refractivity contribution in [3.05, 3.63) is 29.3 Å². The van der Waals surface area contributed by atoms with E-state index in [1.165, 1.54) is 11.1 Å². The summed E-state index contributed by atoms with van der Waals surface area (Å²) >= 11 is 5.23. The third-order valence-corrected chi connectivity index (χ3v) is 3.65. The quantitative estimate of drug-likeness (QED) is 0.730. The van der Waals surface area contributed by atoms with E-state index in [0.717, 1.165) is 25.0 Å². The van der Waals surface area contributed by atoms with Gasteiger partial charge in [0.15, 0.2) is 5.11 Å². The Bertz CT molecular complexity index is 451. The van der Waals surface area contributed by atoms with Crippen molar-refractivity contribution in [2.24, 2.45) is 0 Å². The van der Waals surface area contributed by atoms with E-state index >= 15 is 0 Å². The molecule has 3 N–H and O–H groups in total. The molecule has 1 aliphatic carbocycles. The van der Waals surface area contributed by atoms with Gasteiger partial charge < -0.3 is 20.5 Å². The summed E-state index contributed by atoms with van der Waals surface area (Å²) in [4.78, 5) is 0. The normalized spacial score (nSPS) is 17.5. The fourth-order valence-electron chi connectivity index (χ4n) is 2.53. The van der Waals surface area contributed by atoms with Gasteiger partial charge in [-0.3, -0.25) is 0 Å². The molecule has 4 nitrogen and oxygen atoms in total. The van der Waals surface area contributed by atoms with Crippen LogP contribution in [0.5, 0.6) is 5.75 Å². The maximum Gasteiger partial charge on any atom is 0.166 e. The van der Waals surface area contributed by atoms with Gasteiger partial charge in [-0.2, -0.15) is 0 Å². The molecule has 0 saturated carbocycles. The summed E-state index contributed by atoms with van der Waals surface area (Å²) in [5.41, 5.74) is 2.54. The summed E-state index contributed by atoms with van der Waals surface area (Å²) < 4.78 is 5.42. The molecule has 1 unspecified atom stereocenters. The largest absolute Gasteiger partial charge is 0.496 e. The molecule has 0 radical (unpaired) electrons. The predicted molar refractivity (Wildman–Crippen MR) is 79.5 cm³/mol. The highest BCUT2D eigenvalue weighted by molar-refractivity contribution is 7.80. The average molecular weight is 280 g/mol. The first-order valence-corrected chi connectivity index (χ1v) is 6.98. The number of hydrogen-bond donors (Lipinski definition) is 3. The fraction of sp³-hybridized carbons (Fsp3) is 0.500. The van der Waals surface area contributed by atoms with E-state index in [1.807, 2.05) is 12.1 Å². The molecule has 0 bridgehead atoms. The smallest absolute Gasteiger partial charge is 0.166 e. The lowest BCUT2D eigenvalue weighted by Crippen LogP contribution is -2.40. The fourth-order valence-corrected chi connectivity index (χ4v) is 2.78. The Morgan fingerprint density at radius 2 is 2.37 bits per heavy atom. The molecule has 1 aliphatic rings. The number of methoxy groups -OCH3 is 1. The Morgan fingerprint density at radius 1 is 1.53 bits per heavy atom. The van der Waals surface area contributed by atoms with Crippen LogP contribution in [0.15, 0.2) is 18.2 Å². The molecule has 1 aromatic carbocycles. The first-order chi connectivity index (χ1) is 9.26. The van der Waals surface area contributed by atoms with Gasteiger partial charge in [0.2, 0.25) is 0 Å². The maximum absolute atomic E-state index is 8.78. The van der Waals surface area contributed by atoms with Gasteiger partial charge in [0, 0.05) is 6.54 Å². The number of rotatable bonds is 4. The van der Waals surface area contributed by atoms with Crippen LogP contribution < -0.4 is 15.4 Å². The molecule has 104 valence electrons. The summed E-state index contributed by atoms with van der Waals surface area (Å²) in [6.07, 6.45) is 3.23. The first kappa shape index (κ1) is 14.1. The standard InChI is InChI=1S/C14H20N2O2S/c1-18-13-7-3-4-10-11(13)5-2-6-12(10)16-14(19)15-8-9-17/h3-4,7,12,17H,2,5-6,8-9H2,1H3,(H2,15,16,19). The Labute approximate surface area is 119 Å². The van der Waals surface area contributed by atoms with Gasteiger partial charge in [-0.1, -0.05) is 12.1 Å². The van der Waals surface area contributed by atoms with Crippen molar-refractivity contribution >= 4 is 17.3 Å². The van der Waals surface area contributed by atoms with Crippen molar-refractivity contribution in [3.63, 3.8) is 0 Å². The second-order valence-corrected chi connectivity index (χ2v) is 5.00. The van der Waals surface area contributed by atoms with Crippen LogP contribution in [-0.4, -0.2) is 30.5 Å². The summed E-state index contributed by atoms with van der Waals surface area (Å²) in [6, 6.07) is 6.37. The molecule has 2 rings (SSSR count). The minimum absolute atomic E-state index is 0.0803. The molecule has 19 heavy (non-hydrogen) atoms. The summed E-state index contributed by atoms with van der Waals surface area (Å²) in [5, 5.41) is 15.7. The molecule has 0 aliphatic heterocycles. The van der Waals surface area contributed by atoms with Crippen molar-refractivity contribution in [2.45, 2.75) is 25.3 Å². The van der Waals surface area contributed by atoms with Gasteiger partial charge >= 0.3 is 0 Å². The monoisotopic (exact) mass is 280 g/mol. The number of fused-ring (bicyclic) bond motifs is 1. The van der Waals surface area contributed by atoms with Crippen LogP contribution in [0.1, 0.15) is 30.0 Å². The summed E-state index contributed by atoms with van der Waals surface area (Å²) in [5.74, 6) is 0.957. The Kier molecular flexibility index (Phi) is 4.99. The Morgan fingerprint density at radius 3 is 3.11 bits per heavy atom. The van der Waals surface area contributed by atoms with Gasteiger partial charge in [0.25, 0.3) is 0 Å². The molecule has 0 aromatic heterocycles. The highest BCUT2D eigenvalue weighted by Gasteiger charge is 2.22. The molecule has 5 heteroatoms. The summed E-state index contributed by atoms with van der Waals surface area (Å²) in [6.45, 7) is 0.556.